The van der Waals surface area contributed by atoms with Gasteiger partial charge in [0.1, 0.15) is 0 Å². The molecule has 0 aromatic heterocycles. The number of carbonyl (C=O) groups excluding carboxylic acids is 1. The summed E-state index contributed by atoms with van der Waals surface area (Å²) in [5, 5.41) is 12.0. The van der Waals surface area contributed by atoms with Crippen LogP contribution in [0, 0.1) is 5.92 Å². The number of hydrogen-bond acceptors (Lipinski definition) is 2. The summed E-state index contributed by atoms with van der Waals surface area (Å²) in [6.07, 6.45) is 8.89. The second-order valence-electron chi connectivity index (χ2n) is 4.46. The van der Waals surface area contributed by atoms with Crippen LogP contribution in [0.5, 0.6) is 0 Å². The highest BCUT2D eigenvalue weighted by Gasteiger charge is 2.43. The van der Waals surface area contributed by atoms with Crippen molar-refractivity contribution in [2.75, 3.05) is 6.61 Å². The molecular weight excluding hydrogens is 178 g/mol. The van der Waals surface area contributed by atoms with Crippen molar-refractivity contribution in [3.8, 4) is 0 Å². The Hall–Kier alpha value is -0.830. The highest BCUT2D eigenvalue weighted by molar-refractivity contribution is 5.77. The van der Waals surface area contributed by atoms with Gasteiger partial charge in [-0.2, -0.15) is 0 Å². The number of carbonyl (C=O) groups is 1. The van der Waals surface area contributed by atoms with Crippen LogP contribution in [0.25, 0.3) is 0 Å². The Bertz CT molecular complexity index is 256. The van der Waals surface area contributed by atoms with E-state index in [-0.39, 0.29) is 18.1 Å². The molecule has 2 rings (SSSR count). The van der Waals surface area contributed by atoms with Crippen molar-refractivity contribution in [2.45, 2.75) is 37.6 Å². The smallest absolute Gasteiger partial charge is 0.221 e. The lowest BCUT2D eigenvalue weighted by molar-refractivity contribution is -0.123. The van der Waals surface area contributed by atoms with Gasteiger partial charge in [-0.15, -0.1) is 0 Å². The van der Waals surface area contributed by atoms with Gasteiger partial charge in [-0.25, -0.2) is 0 Å². The van der Waals surface area contributed by atoms with Crippen molar-refractivity contribution in [3.63, 3.8) is 0 Å². The lowest BCUT2D eigenvalue weighted by Gasteiger charge is -2.15. The maximum atomic E-state index is 11.6. The molecule has 0 spiro atoms. The first-order chi connectivity index (χ1) is 6.74. The highest BCUT2D eigenvalue weighted by Crippen LogP contribution is 2.34. The van der Waals surface area contributed by atoms with Crippen LogP contribution in [0.15, 0.2) is 12.2 Å². The molecule has 0 radical (unpaired) electrons. The predicted octanol–water partition coefficient (Wildman–Crippen LogP) is 0.984. The largest absolute Gasteiger partial charge is 0.394 e. The zero-order valence-corrected chi connectivity index (χ0v) is 8.33. The molecule has 1 unspecified atom stereocenters. The van der Waals surface area contributed by atoms with Crippen LogP contribution < -0.4 is 5.32 Å². The highest BCUT2D eigenvalue weighted by atomic mass is 16.3. The zero-order chi connectivity index (χ0) is 10.0. The number of allylic oxidation sites excluding steroid dienone is 2. The summed E-state index contributed by atoms with van der Waals surface area (Å²) in [7, 11) is 0. The molecule has 78 valence electrons. The Morgan fingerprint density at radius 3 is 2.86 bits per heavy atom. The molecule has 14 heavy (non-hydrogen) atoms. The Balaban J connectivity index is 1.76. The number of hydrogen-bond donors (Lipinski definition) is 2. The van der Waals surface area contributed by atoms with E-state index in [1.807, 2.05) is 0 Å². The molecule has 3 nitrogen and oxygen atoms in total. The molecule has 0 saturated heterocycles. The SMILES string of the molecule is O=C(CC1C=CCC1)NC1(CO)CC1. The van der Waals surface area contributed by atoms with Gasteiger partial charge in [0.25, 0.3) is 0 Å². The van der Waals surface area contributed by atoms with E-state index in [9.17, 15) is 4.79 Å². The fraction of sp³-hybridized carbons (Fsp3) is 0.727. The van der Waals surface area contributed by atoms with Crippen LogP contribution in [-0.2, 0) is 4.79 Å². The predicted molar refractivity (Wildman–Crippen MR) is 53.7 cm³/mol. The molecule has 0 aromatic carbocycles. The van der Waals surface area contributed by atoms with E-state index in [0.717, 1.165) is 25.7 Å². The number of aliphatic hydroxyl groups is 1. The monoisotopic (exact) mass is 195 g/mol. The maximum absolute atomic E-state index is 11.6. The van der Waals surface area contributed by atoms with Crippen molar-refractivity contribution in [3.05, 3.63) is 12.2 Å². The van der Waals surface area contributed by atoms with Gasteiger partial charge in [-0.3, -0.25) is 4.79 Å². The molecule has 0 aromatic rings. The fourth-order valence-electron chi connectivity index (χ4n) is 1.92. The topological polar surface area (TPSA) is 49.3 Å². The lowest BCUT2D eigenvalue weighted by Crippen LogP contribution is -2.40. The number of nitrogens with one attached hydrogen (secondary N) is 1. The van der Waals surface area contributed by atoms with Crippen LogP contribution in [-0.4, -0.2) is 23.2 Å². The summed E-state index contributed by atoms with van der Waals surface area (Å²) in [5.74, 6) is 0.512. The standard InChI is InChI=1S/C11H17NO2/c13-8-11(5-6-11)12-10(14)7-9-3-1-2-4-9/h1,3,9,13H,2,4-8H2,(H,12,14). The number of rotatable bonds is 4. The Morgan fingerprint density at radius 1 is 1.57 bits per heavy atom. The average molecular weight is 195 g/mol. The summed E-state index contributed by atoms with van der Waals surface area (Å²) < 4.78 is 0. The Kier molecular flexibility index (Phi) is 2.59. The average Bonchev–Trinajstić information content (AvgIpc) is 2.74. The van der Waals surface area contributed by atoms with E-state index >= 15 is 0 Å². The molecule has 2 aliphatic carbocycles. The van der Waals surface area contributed by atoms with Crippen molar-refractivity contribution in [1.82, 2.24) is 5.32 Å². The number of amides is 1. The molecule has 2 N–H and O–H groups in total. The molecule has 1 fully saturated rings. The minimum absolute atomic E-state index is 0.0826. The van der Waals surface area contributed by atoms with E-state index in [4.69, 9.17) is 5.11 Å². The zero-order valence-electron chi connectivity index (χ0n) is 8.33. The normalized spacial score (nSPS) is 27.6. The van der Waals surface area contributed by atoms with Gasteiger partial charge in [-0.05, 0) is 31.6 Å². The summed E-state index contributed by atoms with van der Waals surface area (Å²) in [5.41, 5.74) is -0.251. The molecule has 0 bridgehead atoms. The molecule has 3 heteroatoms. The van der Waals surface area contributed by atoms with Gasteiger partial charge < -0.3 is 10.4 Å². The first kappa shape index (κ1) is 9.71. The molecule has 1 atom stereocenters. The van der Waals surface area contributed by atoms with Crippen molar-refractivity contribution in [1.29, 1.82) is 0 Å². The van der Waals surface area contributed by atoms with Gasteiger partial charge in [-0.1, -0.05) is 12.2 Å². The number of aliphatic hydroxyl groups excluding tert-OH is 1. The minimum atomic E-state index is -0.251. The van der Waals surface area contributed by atoms with E-state index in [1.54, 1.807) is 0 Å². The summed E-state index contributed by atoms with van der Waals surface area (Å²) in [6, 6.07) is 0. The quantitative estimate of drug-likeness (QED) is 0.657. The van der Waals surface area contributed by atoms with Crippen molar-refractivity contribution in [2.24, 2.45) is 5.92 Å². The first-order valence-electron chi connectivity index (χ1n) is 5.33. The third-order valence-electron chi connectivity index (χ3n) is 3.12. The third-order valence-corrected chi connectivity index (χ3v) is 3.12. The molecule has 0 heterocycles. The molecular formula is C11H17NO2. The maximum Gasteiger partial charge on any atom is 0.221 e. The van der Waals surface area contributed by atoms with Crippen LogP contribution in [0.3, 0.4) is 0 Å². The lowest BCUT2D eigenvalue weighted by atomic mass is 10.0. The Morgan fingerprint density at radius 2 is 2.36 bits per heavy atom. The molecule has 2 aliphatic rings. The van der Waals surface area contributed by atoms with E-state index in [0.29, 0.717) is 12.3 Å². The third kappa shape index (κ3) is 2.15. The first-order valence-corrected chi connectivity index (χ1v) is 5.33. The van der Waals surface area contributed by atoms with Gasteiger partial charge in [0.05, 0.1) is 12.1 Å². The van der Waals surface area contributed by atoms with Crippen molar-refractivity contribution < 1.29 is 9.90 Å². The second-order valence-corrected chi connectivity index (χ2v) is 4.46. The second kappa shape index (κ2) is 3.73. The van der Waals surface area contributed by atoms with Gasteiger partial charge in [0.2, 0.25) is 5.91 Å². The molecule has 0 aliphatic heterocycles. The van der Waals surface area contributed by atoms with E-state index < -0.39 is 0 Å². The summed E-state index contributed by atoms with van der Waals surface area (Å²) >= 11 is 0. The van der Waals surface area contributed by atoms with Crippen LogP contribution in [0.2, 0.25) is 0 Å². The van der Waals surface area contributed by atoms with Gasteiger partial charge in [0, 0.05) is 6.42 Å². The molecule has 1 amide bonds. The van der Waals surface area contributed by atoms with Crippen LogP contribution in [0.1, 0.15) is 32.1 Å². The van der Waals surface area contributed by atoms with Crippen LogP contribution >= 0.6 is 0 Å². The Labute approximate surface area is 84.2 Å². The minimum Gasteiger partial charge on any atom is -0.394 e. The van der Waals surface area contributed by atoms with Gasteiger partial charge in [0.15, 0.2) is 0 Å². The molecule has 1 saturated carbocycles. The van der Waals surface area contributed by atoms with E-state index in [1.165, 1.54) is 0 Å². The van der Waals surface area contributed by atoms with Gasteiger partial charge >= 0.3 is 0 Å². The summed E-state index contributed by atoms with van der Waals surface area (Å²) in [4.78, 5) is 11.6. The fourth-order valence-corrected chi connectivity index (χ4v) is 1.92. The van der Waals surface area contributed by atoms with E-state index in [2.05, 4.69) is 17.5 Å². The van der Waals surface area contributed by atoms with Crippen molar-refractivity contribution >= 4 is 5.91 Å². The summed E-state index contributed by atoms with van der Waals surface area (Å²) in [6.45, 7) is 0.0826. The van der Waals surface area contributed by atoms with Crippen LogP contribution in [0.4, 0.5) is 0 Å².